The van der Waals surface area contributed by atoms with Gasteiger partial charge in [0.25, 0.3) is 10.0 Å². The number of benzene rings is 2. The molecule has 2 amide bonds. The molecular formula is C19H19BrN2O5S. The lowest BCUT2D eigenvalue weighted by molar-refractivity contribution is -0.129. The van der Waals surface area contributed by atoms with E-state index in [9.17, 15) is 18.0 Å². The first-order valence-electron chi connectivity index (χ1n) is 8.56. The van der Waals surface area contributed by atoms with Crippen LogP contribution in [0.2, 0.25) is 0 Å². The monoisotopic (exact) mass is 466 g/mol. The molecule has 1 aliphatic rings. The number of hydrogen-bond acceptors (Lipinski definition) is 5. The average molecular weight is 467 g/mol. The molecule has 1 N–H and O–H groups in total. The minimum atomic E-state index is -4.03. The van der Waals surface area contributed by atoms with Crippen LogP contribution in [0.3, 0.4) is 0 Å². The maximum atomic E-state index is 13.0. The second-order valence-corrected chi connectivity index (χ2v) is 8.89. The first-order valence-corrected chi connectivity index (χ1v) is 10.8. The van der Waals surface area contributed by atoms with Gasteiger partial charge >= 0.3 is 0 Å². The number of imide groups is 1. The maximum Gasteiger partial charge on any atom is 0.265 e. The summed E-state index contributed by atoms with van der Waals surface area (Å²) in [6, 6.07) is 9.30. The third-order valence-corrected chi connectivity index (χ3v) is 6.66. The van der Waals surface area contributed by atoms with E-state index in [4.69, 9.17) is 4.74 Å². The molecule has 9 heteroatoms. The topological polar surface area (TPSA) is 92.8 Å². The van der Waals surface area contributed by atoms with Crippen LogP contribution in [0.25, 0.3) is 0 Å². The highest BCUT2D eigenvalue weighted by atomic mass is 79.9. The number of sulfonamides is 1. The molecule has 28 heavy (non-hydrogen) atoms. The number of nitrogens with zero attached hydrogens (tertiary/aromatic N) is 1. The van der Waals surface area contributed by atoms with Crippen molar-refractivity contribution in [2.75, 3.05) is 16.7 Å². The van der Waals surface area contributed by atoms with Crippen molar-refractivity contribution in [3.63, 3.8) is 0 Å². The third kappa shape index (κ3) is 4.05. The first kappa shape index (κ1) is 20.3. The van der Waals surface area contributed by atoms with Gasteiger partial charge in [-0.1, -0.05) is 22.0 Å². The molecule has 1 aliphatic heterocycles. The number of methoxy groups -OCH3 is 1. The molecule has 0 radical (unpaired) electrons. The molecule has 0 aliphatic carbocycles. The minimum Gasteiger partial charge on any atom is -0.495 e. The number of anilines is 2. The molecule has 0 spiro atoms. The Bertz CT molecular complexity index is 1040. The zero-order valence-electron chi connectivity index (χ0n) is 15.4. The minimum absolute atomic E-state index is 0.110. The summed E-state index contributed by atoms with van der Waals surface area (Å²) in [4.78, 5) is 25.2. The Morgan fingerprint density at radius 3 is 2.36 bits per heavy atom. The van der Waals surface area contributed by atoms with E-state index in [-0.39, 0.29) is 41.0 Å². The van der Waals surface area contributed by atoms with Crippen LogP contribution < -0.4 is 14.4 Å². The Hall–Kier alpha value is -2.39. The average Bonchev–Trinajstić information content (AvgIpc) is 2.64. The van der Waals surface area contributed by atoms with E-state index in [0.29, 0.717) is 12.1 Å². The molecule has 0 saturated carbocycles. The van der Waals surface area contributed by atoms with E-state index in [1.54, 1.807) is 18.2 Å². The van der Waals surface area contributed by atoms with E-state index in [1.165, 1.54) is 25.3 Å². The van der Waals surface area contributed by atoms with Crippen molar-refractivity contribution < 1.29 is 22.7 Å². The third-order valence-electron chi connectivity index (χ3n) is 4.40. The van der Waals surface area contributed by atoms with Crippen LogP contribution in [0.4, 0.5) is 11.4 Å². The summed E-state index contributed by atoms with van der Waals surface area (Å²) >= 11 is 3.37. The van der Waals surface area contributed by atoms with E-state index in [2.05, 4.69) is 20.7 Å². The molecule has 1 heterocycles. The van der Waals surface area contributed by atoms with Crippen molar-refractivity contribution >= 4 is 49.1 Å². The Labute approximate surface area is 171 Å². The van der Waals surface area contributed by atoms with Crippen molar-refractivity contribution in [1.29, 1.82) is 0 Å². The number of aryl methyl sites for hydroxylation is 1. The van der Waals surface area contributed by atoms with Crippen LogP contribution in [0, 0.1) is 6.92 Å². The van der Waals surface area contributed by atoms with Gasteiger partial charge in [-0.15, -0.1) is 0 Å². The van der Waals surface area contributed by atoms with Gasteiger partial charge in [-0.05, 0) is 49.2 Å². The Kier molecular flexibility index (Phi) is 5.76. The Morgan fingerprint density at radius 1 is 1.07 bits per heavy atom. The fraction of sp³-hybridized carbons (Fsp3) is 0.263. The lowest BCUT2D eigenvalue weighted by Crippen LogP contribution is -2.40. The summed E-state index contributed by atoms with van der Waals surface area (Å²) in [6.07, 6.45) is 0.990. The van der Waals surface area contributed by atoms with Crippen LogP contribution in [-0.4, -0.2) is 27.3 Å². The van der Waals surface area contributed by atoms with Crippen LogP contribution in [-0.2, 0) is 19.6 Å². The van der Waals surface area contributed by atoms with Crippen molar-refractivity contribution in [2.45, 2.75) is 31.1 Å². The summed E-state index contributed by atoms with van der Waals surface area (Å²) in [5.74, 6) is -0.584. The highest BCUT2D eigenvalue weighted by molar-refractivity contribution is 9.10. The zero-order valence-corrected chi connectivity index (χ0v) is 17.8. The fourth-order valence-corrected chi connectivity index (χ4v) is 4.54. The highest BCUT2D eigenvalue weighted by Crippen LogP contribution is 2.32. The molecule has 1 saturated heterocycles. The second kappa shape index (κ2) is 7.92. The summed E-state index contributed by atoms with van der Waals surface area (Å²) in [5.41, 5.74) is 1.54. The summed E-state index contributed by atoms with van der Waals surface area (Å²) in [6.45, 7) is 1.89. The van der Waals surface area contributed by atoms with E-state index in [1.807, 2.05) is 6.92 Å². The molecule has 3 rings (SSSR count). The number of carbonyl (C=O) groups is 2. The Morgan fingerprint density at radius 2 is 1.75 bits per heavy atom. The summed E-state index contributed by atoms with van der Waals surface area (Å²) in [7, 11) is -2.67. The summed E-state index contributed by atoms with van der Waals surface area (Å²) < 4.78 is 34.4. The lowest BCUT2D eigenvalue weighted by Gasteiger charge is -2.25. The van der Waals surface area contributed by atoms with E-state index in [0.717, 1.165) is 14.9 Å². The van der Waals surface area contributed by atoms with Gasteiger partial charge in [0.05, 0.1) is 12.8 Å². The number of halogens is 1. The SMILES string of the molecule is COc1ccc(N2C(=O)CCCC2=O)cc1S(=O)(=O)Nc1ccc(C)c(Br)c1. The van der Waals surface area contributed by atoms with Gasteiger partial charge in [0.1, 0.15) is 10.6 Å². The molecule has 2 aromatic rings. The molecular weight excluding hydrogens is 448 g/mol. The van der Waals surface area contributed by atoms with Crippen LogP contribution >= 0.6 is 15.9 Å². The van der Waals surface area contributed by atoms with Gasteiger partial charge in [0.15, 0.2) is 0 Å². The van der Waals surface area contributed by atoms with Gasteiger partial charge in [-0.3, -0.25) is 19.2 Å². The van der Waals surface area contributed by atoms with Crippen molar-refractivity contribution in [3.05, 3.63) is 46.4 Å². The van der Waals surface area contributed by atoms with Gasteiger partial charge in [-0.2, -0.15) is 0 Å². The van der Waals surface area contributed by atoms with Gasteiger partial charge < -0.3 is 4.74 Å². The van der Waals surface area contributed by atoms with Crippen molar-refractivity contribution in [3.8, 4) is 5.75 Å². The number of rotatable bonds is 5. The predicted molar refractivity (Wildman–Crippen MR) is 109 cm³/mol. The number of ether oxygens (including phenoxy) is 1. The van der Waals surface area contributed by atoms with Crippen LogP contribution in [0.15, 0.2) is 45.8 Å². The normalized spacial score (nSPS) is 14.9. The zero-order chi connectivity index (χ0) is 20.5. The van der Waals surface area contributed by atoms with Gasteiger partial charge in [0, 0.05) is 23.0 Å². The van der Waals surface area contributed by atoms with Gasteiger partial charge in [-0.25, -0.2) is 8.42 Å². The lowest BCUT2D eigenvalue weighted by atomic mass is 10.1. The highest BCUT2D eigenvalue weighted by Gasteiger charge is 2.29. The van der Waals surface area contributed by atoms with Crippen molar-refractivity contribution in [2.24, 2.45) is 0 Å². The van der Waals surface area contributed by atoms with E-state index >= 15 is 0 Å². The fourth-order valence-electron chi connectivity index (χ4n) is 2.92. The second-order valence-electron chi connectivity index (χ2n) is 6.38. The van der Waals surface area contributed by atoms with Crippen LogP contribution in [0.5, 0.6) is 5.75 Å². The molecule has 2 aromatic carbocycles. The molecule has 0 bridgehead atoms. The van der Waals surface area contributed by atoms with E-state index < -0.39 is 10.0 Å². The first-order chi connectivity index (χ1) is 13.2. The van der Waals surface area contributed by atoms with Gasteiger partial charge in [0.2, 0.25) is 11.8 Å². The molecule has 0 aromatic heterocycles. The predicted octanol–water partition coefficient (Wildman–Crippen LogP) is 3.61. The molecule has 0 unspecified atom stereocenters. The number of carbonyl (C=O) groups excluding carboxylic acids is 2. The standard InChI is InChI=1S/C19H19BrN2O5S/c1-12-6-7-13(10-15(12)20)21-28(25,26)17-11-14(8-9-16(17)27-2)22-18(23)4-3-5-19(22)24/h6-11,21H,3-5H2,1-2H3. The van der Waals surface area contributed by atoms with Crippen molar-refractivity contribution in [1.82, 2.24) is 0 Å². The maximum absolute atomic E-state index is 13.0. The molecule has 148 valence electrons. The number of piperidine rings is 1. The quantitative estimate of drug-likeness (QED) is 0.679. The molecule has 0 atom stereocenters. The molecule has 7 nitrogen and oxygen atoms in total. The molecule has 1 fully saturated rings. The largest absolute Gasteiger partial charge is 0.495 e. The van der Waals surface area contributed by atoms with Crippen LogP contribution in [0.1, 0.15) is 24.8 Å². The Balaban J connectivity index is 2.02. The number of amides is 2. The smallest absolute Gasteiger partial charge is 0.265 e. The summed E-state index contributed by atoms with van der Waals surface area (Å²) in [5, 5.41) is 0. The number of nitrogens with one attached hydrogen (secondary N) is 1. The number of hydrogen-bond donors (Lipinski definition) is 1.